The van der Waals surface area contributed by atoms with Crippen LogP contribution in [0.25, 0.3) is 0 Å². The summed E-state index contributed by atoms with van der Waals surface area (Å²) in [5, 5.41) is 0. The van der Waals surface area contributed by atoms with Crippen molar-refractivity contribution in [3.8, 4) is 0 Å². The van der Waals surface area contributed by atoms with Crippen molar-refractivity contribution in [1.82, 2.24) is 9.80 Å². The van der Waals surface area contributed by atoms with Gasteiger partial charge in [-0.15, -0.1) is 0 Å². The van der Waals surface area contributed by atoms with Crippen LogP contribution in [0.2, 0.25) is 0 Å². The summed E-state index contributed by atoms with van der Waals surface area (Å²) in [6.07, 6.45) is 0.855. The molecule has 7 heteroatoms. The molecular formula is C17H20N2O5. The molecule has 0 radical (unpaired) electrons. The van der Waals surface area contributed by atoms with Crippen LogP contribution in [-0.4, -0.2) is 54.6 Å². The monoisotopic (exact) mass is 332 g/mol. The number of amides is 2. The standard InChI is InChI=1S/C17H20N2O5/c1-12(20)16(22)14(10-15(21)24-4)19(17(23)18(2)3)11-13-8-6-5-7-9-13/h5-10H,11H2,1-4H3/b14-10-. The molecule has 0 N–H and O–H groups in total. The Hall–Kier alpha value is -2.96. The zero-order valence-electron chi connectivity index (χ0n) is 14.1. The first kappa shape index (κ1) is 19.1. The lowest BCUT2D eigenvalue weighted by atomic mass is 10.1. The largest absolute Gasteiger partial charge is 0.466 e. The first-order valence-electron chi connectivity index (χ1n) is 7.15. The number of nitrogens with zero attached hydrogens (tertiary/aromatic N) is 2. The van der Waals surface area contributed by atoms with Gasteiger partial charge in [0.1, 0.15) is 5.70 Å². The van der Waals surface area contributed by atoms with Crippen molar-refractivity contribution in [2.24, 2.45) is 0 Å². The Kier molecular flexibility index (Phi) is 6.85. The molecule has 24 heavy (non-hydrogen) atoms. The van der Waals surface area contributed by atoms with Gasteiger partial charge in [-0.1, -0.05) is 30.3 Å². The predicted molar refractivity (Wildman–Crippen MR) is 86.9 cm³/mol. The first-order chi connectivity index (χ1) is 11.3. The van der Waals surface area contributed by atoms with Gasteiger partial charge in [-0.3, -0.25) is 14.5 Å². The highest BCUT2D eigenvalue weighted by Crippen LogP contribution is 2.15. The molecule has 0 heterocycles. The Bertz CT molecular complexity index is 665. The molecule has 0 bridgehead atoms. The van der Waals surface area contributed by atoms with Gasteiger partial charge in [-0.2, -0.15) is 0 Å². The molecule has 0 saturated carbocycles. The summed E-state index contributed by atoms with van der Waals surface area (Å²) in [4.78, 5) is 50.1. The third kappa shape index (κ3) is 5.05. The van der Waals surface area contributed by atoms with Crippen molar-refractivity contribution in [3.05, 3.63) is 47.7 Å². The molecule has 128 valence electrons. The van der Waals surface area contributed by atoms with E-state index in [0.717, 1.165) is 30.6 Å². The number of allylic oxidation sites excluding steroid dienone is 1. The molecule has 0 unspecified atom stereocenters. The molecule has 1 rings (SSSR count). The lowest BCUT2D eigenvalue weighted by molar-refractivity contribution is -0.136. The molecule has 1 aromatic rings. The zero-order chi connectivity index (χ0) is 18.3. The van der Waals surface area contributed by atoms with Gasteiger partial charge in [0.2, 0.25) is 11.6 Å². The molecule has 7 nitrogen and oxygen atoms in total. The van der Waals surface area contributed by atoms with Gasteiger partial charge in [0.05, 0.1) is 19.7 Å². The van der Waals surface area contributed by atoms with Gasteiger partial charge in [-0.25, -0.2) is 9.59 Å². The van der Waals surface area contributed by atoms with Gasteiger partial charge in [0.25, 0.3) is 0 Å². The van der Waals surface area contributed by atoms with Gasteiger partial charge in [0, 0.05) is 21.0 Å². The summed E-state index contributed by atoms with van der Waals surface area (Å²) in [7, 11) is 4.16. The molecular weight excluding hydrogens is 312 g/mol. The van der Waals surface area contributed by atoms with Crippen LogP contribution in [0.15, 0.2) is 42.1 Å². The van der Waals surface area contributed by atoms with Crippen LogP contribution in [0.1, 0.15) is 12.5 Å². The van der Waals surface area contributed by atoms with Crippen LogP contribution >= 0.6 is 0 Å². The topological polar surface area (TPSA) is 84.0 Å². The average Bonchev–Trinajstić information content (AvgIpc) is 2.57. The molecule has 0 aromatic heterocycles. The molecule has 0 atom stereocenters. The maximum absolute atomic E-state index is 12.5. The second-order valence-corrected chi connectivity index (χ2v) is 5.19. The van der Waals surface area contributed by atoms with E-state index in [-0.39, 0.29) is 12.2 Å². The quantitative estimate of drug-likeness (QED) is 0.446. The molecule has 1 aromatic carbocycles. The number of hydrogen-bond donors (Lipinski definition) is 0. The van der Waals surface area contributed by atoms with Crippen molar-refractivity contribution in [1.29, 1.82) is 0 Å². The SMILES string of the molecule is COC(=O)/C=C(/C(=O)C(C)=O)N(Cc1ccccc1)C(=O)N(C)C. The van der Waals surface area contributed by atoms with E-state index in [9.17, 15) is 19.2 Å². The number of carbonyl (C=O) groups excluding carboxylic acids is 4. The fraction of sp³-hybridized carbons (Fsp3) is 0.294. The average molecular weight is 332 g/mol. The zero-order valence-corrected chi connectivity index (χ0v) is 14.1. The molecule has 0 aliphatic rings. The number of carbonyl (C=O) groups is 4. The third-order valence-corrected chi connectivity index (χ3v) is 3.10. The molecule has 0 fully saturated rings. The van der Waals surface area contributed by atoms with Crippen molar-refractivity contribution in [2.75, 3.05) is 21.2 Å². The molecule has 0 saturated heterocycles. The summed E-state index contributed by atoms with van der Waals surface area (Å²) in [5.74, 6) is -2.55. The van der Waals surface area contributed by atoms with E-state index in [1.54, 1.807) is 24.3 Å². The van der Waals surface area contributed by atoms with Gasteiger partial charge < -0.3 is 9.64 Å². The van der Waals surface area contributed by atoms with E-state index in [1.807, 2.05) is 6.07 Å². The minimum atomic E-state index is -0.938. The Morgan fingerprint density at radius 1 is 1.08 bits per heavy atom. The van der Waals surface area contributed by atoms with Crippen LogP contribution in [0.4, 0.5) is 4.79 Å². The van der Waals surface area contributed by atoms with Crippen LogP contribution < -0.4 is 0 Å². The van der Waals surface area contributed by atoms with E-state index in [0.29, 0.717) is 0 Å². The minimum Gasteiger partial charge on any atom is -0.466 e. The van der Waals surface area contributed by atoms with Crippen molar-refractivity contribution >= 4 is 23.6 Å². The van der Waals surface area contributed by atoms with Gasteiger partial charge in [-0.05, 0) is 5.56 Å². The number of Topliss-reactive ketones (excluding diaryl/α,β-unsaturated/α-hetero) is 2. The highest BCUT2D eigenvalue weighted by Gasteiger charge is 2.28. The lowest BCUT2D eigenvalue weighted by Crippen LogP contribution is -2.41. The summed E-state index contributed by atoms with van der Waals surface area (Å²) >= 11 is 0. The number of esters is 1. The highest BCUT2D eigenvalue weighted by molar-refractivity contribution is 6.43. The van der Waals surface area contributed by atoms with Crippen LogP contribution in [0.3, 0.4) is 0 Å². The van der Waals surface area contributed by atoms with E-state index >= 15 is 0 Å². The van der Waals surface area contributed by atoms with Gasteiger partial charge in [0.15, 0.2) is 0 Å². The maximum atomic E-state index is 12.5. The van der Waals surface area contributed by atoms with Crippen molar-refractivity contribution in [2.45, 2.75) is 13.5 Å². The number of hydrogen-bond acceptors (Lipinski definition) is 5. The second-order valence-electron chi connectivity index (χ2n) is 5.19. The van der Waals surface area contributed by atoms with Crippen LogP contribution in [0, 0.1) is 0 Å². The summed E-state index contributed by atoms with van der Waals surface area (Å²) in [6, 6.07) is 8.37. The summed E-state index contributed by atoms with van der Waals surface area (Å²) in [5.41, 5.74) is 0.414. The Labute approximate surface area is 140 Å². The van der Waals surface area contributed by atoms with E-state index in [1.165, 1.54) is 19.0 Å². The Morgan fingerprint density at radius 2 is 1.67 bits per heavy atom. The van der Waals surface area contributed by atoms with Crippen LogP contribution in [0.5, 0.6) is 0 Å². The molecule has 0 spiro atoms. The smallest absolute Gasteiger partial charge is 0.332 e. The van der Waals surface area contributed by atoms with E-state index in [4.69, 9.17) is 0 Å². The molecule has 0 aliphatic carbocycles. The Morgan fingerprint density at radius 3 is 2.12 bits per heavy atom. The van der Waals surface area contributed by atoms with Crippen molar-refractivity contribution in [3.63, 3.8) is 0 Å². The summed E-state index contributed by atoms with van der Waals surface area (Å²) in [6.45, 7) is 1.11. The number of methoxy groups -OCH3 is 1. The number of ketones is 2. The summed E-state index contributed by atoms with van der Waals surface area (Å²) < 4.78 is 4.52. The minimum absolute atomic E-state index is 0.0275. The fourth-order valence-electron chi connectivity index (χ4n) is 1.88. The predicted octanol–water partition coefficient (Wildman–Crippen LogP) is 1.39. The van der Waals surface area contributed by atoms with Crippen LogP contribution in [-0.2, 0) is 25.7 Å². The number of benzene rings is 1. The number of rotatable bonds is 6. The Balaban J connectivity index is 3.36. The highest BCUT2D eigenvalue weighted by atomic mass is 16.5. The third-order valence-electron chi connectivity index (χ3n) is 3.10. The first-order valence-corrected chi connectivity index (χ1v) is 7.15. The fourth-order valence-corrected chi connectivity index (χ4v) is 1.88. The molecule has 0 aliphatic heterocycles. The van der Waals surface area contributed by atoms with E-state index < -0.39 is 23.6 Å². The van der Waals surface area contributed by atoms with Crippen molar-refractivity contribution < 1.29 is 23.9 Å². The second kappa shape index (κ2) is 8.61. The van der Waals surface area contributed by atoms with Gasteiger partial charge >= 0.3 is 12.0 Å². The maximum Gasteiger partial charge on any atom is 0.332 e. The molecule has 2 amide bonds. The lowest BCUT2D eigenvalue weighted by Gasteiger charge is -2.27. The number of urea groups is 1. The normalized spacial score (nSPS) is 10.8. The number of ether oxygens (including phenoxy) is 1. The van der Waals surface area contributed by atoms with E-state index in [2.05, 4.69) is 4.74 Å².